The van der Waals surface area contributed by atoms with E-state index in [1.807, 2.05) is 0 Å². The number of carboxylic acid groups (broad SMARTS) is 1. The maximum absolute atomic E-state index is 12.9. The molecule has 0 bridgehead atoms. The first-order chi connectivity index (χ1) is 14.4. The number of phenolic OH excluding ortho intramolecular Hbond substituents is 1. The van der Waals surface area contributed by atoms with Crippen LogP contribution >= 0.6 is 0 Å². The van der Waals surface area contributed by atoms with E-state index in [0.717, 1.165) is 4.90 Å². The van der Waals surface area contributed by atoms with Gasteiger partial charge in [-0.25, -0.2) is 4.79 Å². The van der Waals surface area contributed by atoms with Gasteiger partial charge in [-0.05, 0) is 35.4 Å². The summed E-state index contributed by atoms with van der Waals surface area (Å²) < 4.78 is 0. The van der Waals surface area contributed by atoms with Crippen molar-refractivity contribution in [1.29, 1.82) is 5.26 Å². The van der Waals surface area contributed by atoms with Crippen LogP contribution in [0.2, 0.25) is 0 Å². The molecule has 2 amide bonds. The third kappa shape index (κ3) is 3.04. The molecule has 146 valence electrons. The Morgan fingerprint density at radius 2 is 1.73 bits per heavy atom. The summed E-state index contributed by atoms with van der Waals surface area (Å²) in [5.74, 6) is -2.41. The highest BCUT2D eigenvalue weighted by atomic mass is 16.4. The second kappa shape index (κ2) is 7.14. The Balaban J connectivity index is 1.66. The molecular weight excluding hydrogens is 386 g/mol. The van der Waals surface area contributed by atoms with Crippen LogP contribution in [0, 0.1) is 11.3 Å². The Bertz CT molecular complexity index is 1280. The molecule has 0 fully saturated rings. The van der Waals surface area contributed by atoms with Crippen molar-refractivity contribution in [2.45, 2.75) is 6.54 Å². The zero-order valence-electron chi connectivity index (χ0n) is 15.4. The lowest BCUT2D eigenvalue weighted by Gasteiger charge is -2.27. The quantitative estimate of drug-likeness (QED) is 0.392. The summed E-state index contributed by atoms with van der Waals surface area (Å²) in [6.07, 6.45) is 2.64. The number of hydrogen-bond acceptors (Lipinski definition) is 6. The summed E-state index contributed by atoms with van der Waals surface area (Å²) in [6.45, 7) is 0.00975. The highest BCUT2D eigenvalue weighted by Gasteiger charge is 2.33. The van der Waals surface area contributed by atoms with Crippen LogP contribution < -0.4 is 0 Å². The molecule has 0 saturated carbocycles. The molecule has 0 saturated heterocycles. The molecule has 2 N–H and O–H groups in total. The topological polar surface area (TPSA) is 132 Å². The van der Waals surface area contributed by atoms with E-state index in [9.17, 15) is 19.5 Å². The van der Waals surface area contributed by atoms with Gasteiger partial charge in [-0.3, -0.25) is 19.5 Å². The molecule has 3 aromatic rings. The molecule has 0 aliphatic carbocycles. The Morgan fingerprint density at radius 3 is 2.37 bits per heavy atom. The van der Waals surface area contributed by atoms with E-state index in [1.54, 1.807) is 30.3 Å². The maximum Gasteiger partial charge on any atom is 0.346 e. The number of nitrogens with zero attached hydrogens (tertiary/aromatic N) is 3. The highest BCUT2D eigenvalue weighted by Crippen LogP contribution is 2.34. The van der Waals surface area contributed by atoms with E-state index in [1.165, 1.54) is 30.5 Å². The van der Waals surface area contributed by atoms with Gasteiger partial charge < -0.3 is 10.2 Å². The molecule has 4 rings (SSSR count). The van der Waals surface area contributed by atoms with Crippen LogP contribution in [0.25, 0.3) is 17.0 Å². The molecule has 8 nitrogen and oxygen atoms in total. The van der Waals surface area contributed by atoms with E-state index in [-0.39, 0.29) is 28.9 Å². The van der Waals surface area contributed by atoms with Crippen molar-refractivity contribution in [3.05, 3.63) is 76.5 Å². The number of aromatic hydroxyl groups is 1. The lowest BCUT2D eigenvalue weighted by atomic mass is 9.96. The zero-order chi connectivity index (χ0) is 21.4. The van der Waals surface area contributed by atoms with Crippen molar-refractivity contribution in [3.8, 4) is 11.8 Å². The summed E-state index contributed by atoms with van der Waals surface area (Å²) in [5, 5.41) is 28.1. The van der Waals surface area contributed by atoms with Gasteiger partial charge in [0.25, 0.3) is 11.8 Å². The van der Waals surface area contributed by atoms with Crippen LogP contribution in [0.1, 0.15) is 31.8 Å². The summed E-state index contributed by atoms with van der Waals surface area (Å²) in [7, 11) is 0. The number of carbonyl (C=O) groups is 3. The summed E-state index contributed by atoms with van der Waals surface area (Å²) in [5.41, 5.74) is 1.52. The number of carbonyl (C=O) groups excluding carboxylic acids is 2. The van der Waals surface area contributed by atoms with E-state index in [2.05, 4.69) is 4.98 Å². The number of hydrogen-bond donors (Lipinski definition) is 2. The Kier molecular flexibility index (Phi) is 4.49. The highest BCUT2D eigenvalue weighted by molar-refractivity contribution is 6.25. The van der Waals surface area contributed by atoms with E-state index in [0.29, 0.717) is 16.5 Å². The Morgan fingerprint density at radius 1 is 1.07 bits per heavy atom. The van der Waals surface area contributed by atoms with Gasteiger partial charge in [0.2, 0.25) is 0 Å². The molecule has 1 aliphatic heterocycles. The molecular formula is C22H13N3O5. The molecule has 1 aliphatic rings. The average Bonchev–Trinajstić information content (AvgIpc) is 2.75. The van der Waals surface area contributed by atoms with Crippen LogP contribution in [0.4, 0.5) is 0 Å². The minimum atomic E-state index is -1.32. The third-order valence-corrected chi connectivity index (χ3v) is 4.80. The number of aliphatic carboxylic acids is 1. The number of pyridine rings is 1. The average molecular weight is 399 g/mol. The van der Waals surface area contributed by atoms with Crippen LogP contribution in [0.5, 0.6) is 5.75 Å². The monoisotopic (exact) mass is 399 g/mol. The molecule has 30 heavy (non-hydrogen) atoms. The van der Waals surface area contributed by atoms with E-state index >= 15 is 0 Å². The van der Waals surface area contributed by atoms with Crippen LogP contribution in [-0.4, -0.2) is 37.9 Å². The fourth-order valence-corrected chi connectivity index (χ4v) is 3.35. The molecule has 1 aromatic heterocycles. The van der Waals surface area contributed by atoms with E-state index in [4.69, 9.17) is 10.4 Å². The van der Waals surface area contributed by atoms with Gasteiger partial charge in [0.15, 0.2) is 0 Å². The van der Waals surface area contributed by atoms with Gasteiger partial charge in [-0.15, -0.1) is 0 Å². The minimum absolute atomic E-state index is 0.00975. The minimum Gasteiger partial charge on any atom is -0.506 e. The fraction of sp³-hybridized carbons (Fsp3) is 0.0455. The number of nitriles is 1. The number of amides is 2. The summed E-state index contributed by atoms with van der Waals surface area (Å²) >= 11 is 0. The van der Waals surface area contributed by atoms with Gasteiger partial charge in [-0.1, -0.05) is 24.3 Å². The smallest absolute Gasteiger partial charge is 0.346 e. The number of carboxylic acids is 1. The van der Waals surface area contributed by atoms with Crippen molar-refractivity contribution >= 4 is 34.8 Å². The number of benzene rings is 2. The first-order valence-electron chi connectivity index (χ1n) is 8.81. The standard InChI is InChI=1S/C22H13N3O5/c23-10-14(22(29)30)9-12-1-3-13(4-2-12)11-25-20(27)15-5-6-17(26)19-18(15)16(21(25)28)7-8-24-19/h1-9,26H,11H2,(H,29,30)/b14-9-. The molecule has 0 unspecified atom stereocenters. The van der Waals surface area contributed by atoms with Crippen molar-refractivity contribution in [1.82, 2.24) is 9.88 Å². The molecule has 2 aromatic carbocycles. The van der Waals surface area contributed by atoms with Gasteiger partial charge in [0, 0.05) is 11.6 Å². The van der Waals surface area contributed by atoms with Crippen molar-refractivity contribution in [2.24, 2.45) is 0 Å². The molecule has 2 heterocycles. The van der Waals surface area contributed by atoms with Crippen LogP contribution in [-0.2, 0) is 11.3 Å². The lowest BCUT2D eigenvalue weighted by Crippen LogP contribution is -2.39. The summed E-state index contributed by atoms with van der Waals surface area (Å²) in [4.78, 5) is 42.0. The van der Waals surface area contributed by atoms with Gasteiger partial charge in [-0.2, -0.15) is 5.26 Å². The normalized spacial score (nSPS) is 13.4. The van der Waals surface area contributed by atoms with Crippen LogP contribution in [0.3, 0.4) is 0 Å². The Hall–Kier alpha value is -4.51. The molecule has 0 atom stereocenters. The molecule has 8 heteroatoms. The number of imide groups is 1. The number of phenols is 1. The Labute approximate surface area is 169 Å². The van der Waals surface area contributed by atoms with Crippen molar-refractivity contribution in [3.63, 3.8) is 0 Å². The van der Waals surface area contributed by atoms with Crippen molar-refractivity contribution < 1.29 is 24.6 Å². The number of rotatable bonds is 4. The largest absolute Gasteiger partial charge is 0.506 e. The maximum atomic E-state index is 12.9. The molecule has 0 radical (unpaired) electrons. The SMILES string of the molecule is N#C/C(=C/c1ccc(CN2C(=O)c3ccnc4c(O)ccc(c34)C2=O)cc1)C(=O)O. The predicted molar refractivity (Wildman–Crippen MR) is 105 cm³/mol. The number of aromatic nitrogens is 1. The first kappa shape index (κ1) is 18.8. The van der Waals surface area contributed by atoms with Gasteiger partial charge in [0.1, 0.15) is 22.9 Å². The van der Waals surface area contributed by atoms with E-state index < -0.39 is 23.4 Å². The van der Waals surface area contributed by atoms with Crippen molar-refractivity contribution in [2.75, 3.05) is 0 Å². The predicted octanol–water partition coefficient (Wildman–Crippen LogP) is 2.73. The second-order valence-corrected chi connectivity index (χ2v) is 6.63. The van der Waals surface area contributed by atoms with Gasteiger partial charge in [0.05, 0.1) is 17.7 Å². The first-order valence-corrected chi connectivity index (χ1v) is 8.81. The lowest BCUT2D eigenvalue weighted by molar-refractivity contribution is -0.132. The zero-order valence-corrected chi connectivity index (χ0v) is 15.4. The third-order valence-electron chi connectivity index (χ3n) is 4.80. The van der Waals surface area contributed by atoms with Crippen LogP contribution in [0.15, 0.2) is 54.2 Å². The fourth-order valence-electron chi connectivity index (χ4n) is 3.35. The van der Waals surface area contributed by atoms with Gasteiger partial charge >= 0.3 is 5.97 Å². The second-order valence-electron chi connectivity index (χ2n) is 6.63. The molecule has 0 spiro atoms. The summed E-state index contributed by atoms with van der Waals surface area (Å²) in [6, 6.07) is 12.5.